The normalized spacial score (nSPS) is 10.9. The van der Waals surface area contributed by atoms with E-state index in [4.69, 9.17) is 22.0 Å². The minimum absolute atomic E-state index is 0.112. The van der Waals surface area contributed by atoms with Crippen LogP contribution in [0.25, 0.3) is 0 Å². The molecular formula is C10H24N4O2. The van der Waals surface area contributed by atoms with Crippen LogP contribution in [0, 0.1) is 5.41 Å². The fourth-order valence-corrected chi connectivity index (χ4v) is 0.669. The number of carboxylic acid groups (broad SMARTS) is 1. The first-order valence-corrected chi connectivity index (χ1v) is 5.51. The summed E-state index contributed by atoms with van der Waals surface area (Å²) >= 11 is 0. The first-order valence-electron chi connectivity index (χ1n) is 5.51. The number of guanidine groups is 1. The molecule has 1 atom stereocenters. The first-order chi connectivity index (χ1) is 7.45. The summed E-state index contributed by atoms with van der Waals surface area (Å²) in [5.74, 6) is -1.11. The molecule has 96 valence electrons. The van der Waals surface area contributed by atoms with Crippen molar-refractivity contribution >= 4 is 11.9 Å². The molecule has 0 aromatic heterocycles. The van der Waals surface area contributed by atoms with Crippen molar-refractivity contribution in [3.8, 4) is 0 Å². The predicted molar refractivity (Wildman–Crippen MR) is 65.3 cm³/mol. The van der Waals surface area contributed by atoms with Crippen LogP contribution in [-0.4, -0.2) is 29.6 Å². The van der Waals surface area contributed by atoms with Gasteiger partial charge in [0.1, 0.15) is 6.04 Å². The lowest BCUT2D eigenvalue weighted by molar-refractivity contribution is -0.138. The van der Waals surface area contributed by atoms with Crippen LogP contribution in [0.4, 0.5) is 0 Å². The molecule has 0 amide bonds. The molecule has 7 N–H and O–H groups in total. The minimum atomic E-state index is -1.00. The summed E-state index contributed by atoms with van der Waals surface area (Å²) in [6, 6.07) is -0.821. The fourth-order valence-electron chi connectivity index (χ4n) is 0.669. The zero-order chi connectivity index (χ0) is 13.0. The minimum Gasteiger partial charge on any atom is -0.480 e. The molecule has 0 aliphatic heterocycles. The van der Waals surface area contributed by atoms with E-state index in [1.807, 2.05) is 0 Å². The molecule has 0 radical (unpaired) electrons. The Morgan fingerprint density at radius 1 is 1.44 bits per heavy atom. The Balaban J connectivity index is 0. The molecule has 0 heterocycles. The van der Waals surface area contributed by atoms with E-state index in [9.17, 15) is 4.79 Å². The summed E-state index contributed by atoms with van der Waals surface area (Å²) in [6.45, 7) is 4.84. The molecule has 0 rings (SSSR count). The van der Waals surface area contributed by atoms with E-state index in [-0.39, 0.29) is 5.96 Å². The smallest absolute Gasteiger partial charge is 0.320 e. The second-order valence-electron chi connectivity index (χ2n) is 3.43. The van der Waals surface area contributed by atoms with Crippen molar-refractivity contribution in [2.45, 2.75) is 45.6 Å². The van der Waals surface area contributed by atoms with E-state index in [0.717, 1.165) is 0 Å². The van der Waals surface area contributed by atoms with E-state index in [1.165, 1.54) is 12.8 Å². The highest BCUT2D eigenvalue weighted by atomic mass is 16.4. The van der Waals surface area contributed by atoms with Gasteiger partial charge in [-0.25, -0.2) is 0 Å². The predicted octanol–water partition coefficient (Wildman–Crippen LogP) is 0.468. The molecule has 0 fully saturated rings. The van der Waals surface area contributed by atoms with Gasteiger partial charge in [-0.15, -0.1) is 0 Å². The summed E-state index contributed by atoms with van der Waals surface area (Å²) in [5.41, 5.74) is 10.2. The van der Waals surface area contributed by atoms with Crippen LogP contribution in [0.15, 0.2) is 0 Å². The molecule has 6 nitrogen and oxygen atoms in total. The van der Waals surface area contributed by atoms with E-state index < -0.39 is 12.0 Å². The molecular weight excluding hydrogens is 208 g/mol. The lowest BCUT2D eigenvalue weighted by Gasteiger charge is -2.06. The number of unbranched alkanes of at least 4 members (excludes halogenated alkanes) is 1. The largest absolute Gasteiger partial charge is 0.480 e. The van der Waals surface area contributed by atoms with Crippen LogP contribution in [0.5, 0.6) is 0 Å². The summed E-state index contributed by atoms with van der Waals surface area (Å²) in [4.78, 5) is 10.2. The SMILES string of the molecule is CCCC.N=C(N)NCCC[C@H](N)C(=O)O. The number of hydrogen-bond donors (Lipinski definition) is 5. The molecule has 0 aliphatic rings. The van der Waals surface area contributed by atoms with Crippen LogP contribution in [-0.2, 0) is 4.79 Å². The second-order valence-corrected chi connectivity index (χ2v) is 3.43. The highest BCUT2D eigenvalue weighted by molar-refractivity contribution is 5.74. The van der Waals surface area contributed by atoms with Gasteiger partial charge in [-0.3, -0.25) is 10.2 Å². The number of hydrogen-bond acceptors (Lipinski definition) is 3. The summed E-state index contributed by atoms with van der Waals surface area (Å²) < 4.78 is 0. The molecule has 16 heavy (non-hydrogen) atoms. The number of rotatable bonds is 6. The highest BCUT2D eigenvalue weighted by Crippen LogP contribution is 1.92. The van der Waals surface area contributed by atoms with Gasteiger partial charge in [0.05, 0.1) is 0 Å². The molecule has 0 aromatic rings. The van der Waals surface area contributed by atoms with E-state index >= 15 is 0 Å². The quantitative estimate of drug-likeness (QED) is 0.258. The van der Waals surface area contributed by atoms with Crippen molar-refractivity contribution < 1.29 is 9.90 Å². The Morgan fingerprint density at radius 3 is 2.25 bits per heavy atom. The van der Waals surface area contributed by atoms with Gasteiger partial charge in [-0.2, -0.15) is 0 Å². The van der Waals surface area contributed by atoms with Gasteiger partial charge < -0.3 is 21.9 Å². The topological polar surface area (TPSA) is 125 Å². The zero-order valence-electron chi connectivity index (χ0n) is 10.1. The molecule has 0 spiro atoms. The van der Waals surface area contributed by atoms with E-state index in [1.54, 1.807) is 0 Å². The summed E-state index contributed by atoms with van der Waals surface area (Å²) in [5, 5.41) is 17.7. The van der Waals surface area contributed by atoms with Gasteiger partial charge in [-0.05, 0) is 12.8 Å². The first kappa shape index (κ1) is 17.1. The van der Waals surface area contributed by atoms with Crippen molar-refractivity contribution in [2.75, 3.05) is 6.54 Å². The van der Waals surface area contributed by atoms with E-state index in [2.05, 4.69) is 19.2 Å². The Morgan fingerprint density at radius 2 is 1.94 bits per heavy atom. The maximum absolute atomic E-state index is 10.2. The van der Waals surface area contributed by atoms with E-state index in [0.29, 0.717) is 19.4 Å². The van der Waals surface area contributed by atoms with Crippen LogP contribution >= 0.6 is 0 Å². The average molecular weight is 232 g/mol. The van der Waals surface area contributed by atoms with Crippen LogP contribution in [0.1, 0.15) is 39.5 Å². The lowest BCUT2D eigenvalue weighted by atomic mass is 10.2. The summed E-state index contributed by atoms with van der Waals surface area (Å²) in [7, 11) is 0. The van der Waals surface area contributed by atoms with Gasteiger partial charge in [0.2, 0.25) is 0 Å². The Bertz CT molecular complexity index is 195. The van der Waals surface area contributed by atoms with Crippen LogP contribution in [0.2, 0.25) is 0 Å². The van der Waals surface area contributed by atoms with Crippen LogP contribution < -0.4 is 16.8 Å². The van der Waals surface area contributed by atoms with Gasteiger partial charge in [0, 0.05) is 6.54 Å². The van der Waals surface area contributed by atoms with Gasteiger partial charge in [0.15, 0.2) is 5.96 Å². The Hall–Kier alpha value is -1.30. The maximum Gasteiger partial charge on any atom is 0.320 e. The molecule has 0 saturated carbocycles. The Kier molecular flexibility index (Phi) is 12.6. The highest BCUT2D eigenvalue weighted by Gasteiger charge is 2.09. The molecule has 0 unspecified atom stereocenters. The van der Waals surface area contributed by atoms with Gasteiger partial charge in [-0.1, -0.05) is 26.7 Å². The number of nitrogens with two attached hydrogens (primary N) is 2. The third kappa shape index (κ3) is 15.2. The van der Waals surface area contributed by atoms with Crippen molar-refractivity contribution in [3.63, 3.8) is 0 Å². The third-order valence-electron chi connectivity index (χ3n) is 1.82. The lowest BCUT2D eigenvalue weighted by Crippen LogP contribution is -2.34. The van der Waals surface area contributed by atoms with Crippen LogP contribution in [0.3, 0.4) is 0 Å². The number of nitrogens with one attached hydrogen (secondary N) is 2. The maximum atomic E-state index is 10.2. The zero-order valence-corrected chi connectivity index (χ0v) is 10.1. The monoisotopic (exact) mass is 232 g/mol. The Labute approximate surface area is 96.9 Å². The average Bonchev–Trinajstić information content (AvgIpc) is 2.24. The number of aliphatic carboxylic acids is 1. The standard InChI is InChI=1S/C6H14N4O2.C4H10/c7-4(5(11)12)2-1-3-10-6(8)9;1-3-4-2/h4H,1-3,7H2,(H,11,12)(H4,8,9,10);3-4H2,1-2H3/t4-;/m0./s1. The molecule has 0 saturated heterocycles. The second kappa shape index (κ2) is 11.8. The summed E-state index contributed by atoms with van der Waals surface area (Å²) in [6.07, 6.45) is 3.61. The van der Waals surface area contributed by atoms with Crippen molar-refractivity contribution in [2.24, 2.45) is 11.5 Å². The van der Waals surface area contributed by atoms with Crippen molar-refractivity contribution in [3.05, 3.63) is 0 Å². The fraction of sp³-hybridized carbons (Fsp3) is 0.800. The molecule has 0 bridgehead atoms. The van der Waals surface area contributed by atoms with Crippen molar-refractivity contribution in [1.82, 2.24) is 5.32 Å². The molecule has 0 aromatic carbocycles. The molecule has 0 aliphatic carbocycles. The number of carboxylic acids is 1. The van der Waals surface area contributed by atoms with Gasteiger partial charge in [0.25, 0.3) is 0 Å². The number of carbonyl (C=O) groups is 1. The third-order valence-corrected chi connectivity index (χ3v) is 1.82. The van der Waals surface area contributed by atoms with Crippen molar-refractivity contribution in [1.29, 1.82) is 5.41 Å². The molecule has 6 heteroatoms. The van der Waals surface area contributed by atoms with Gasteiger partial charge >= 0.3 is 5.97 Å².